The molecule has 1 saturated heterocycles. The van der Waals surface area contributed by atoms with Crippen LogP contribution in [0.2, 0.25) is 0 Å². The molecule has 1 N–H and O–H groups in total. The minimum atomic E-state index is -0.563. The van der Waals surface area contributed by atoms with Crippen molar-refractivity contribution < 1.29 is 28.5 Å². The lowest BCUT2D eigenvalue weighted by molar-refractivity contribution is -0.122. The highest BCUT2D eigenvalue weighted by molar-refractivity contribution is 7.80. The lowest BCUT2D eigenvalue weighted by atomic mass is 10.1. The predicted molar refractivity (Wildman–Crippen MR) is 173 cm³/mol. The number of amides is 2. The summed E-state index contributed by atoms with van der Waals surface area (Å²) in [7, 11) is 0. The van der Waals surface area contributed by atoms with Crippen molar-refractivity contribution in [1.82, 2.24) is 5.32 Å². The van der Waals surface area contributed by atoms with Crippen LogP contribution < -0.4 is 29.2 Å². The van der Waals surface area contributed by atoms with Gasteiger partial charge in [0.2, 0.25) is 0 Å². The Hall–Kier alpha value is -5.15. The second kappa shape index (κ2) is 14.3. The number of carbonyl (C=O) groups is 2. The van der Waals surface area contributed by atoms with E-state index in [4.69, 9.17) is 31.2 Å². The highest BCUT2D eigenvalue weighted by Crippen LogP contribution is 2.33. The molecule has 0 unspecified atom stereocenters. The molecule has 0 bridgehead atoms. The molecule has 0 aromatic heterocycles. The van der Waals surface area contributed by atoms with Gasteiger partial charge in [-0.25, -0.2) is 0 Å². The fourth-order valence-corrected chi connectivity index (χ4v) is 4.84. The third-order valence-electron chi connectivity index (χ3n) is 6.63. The summed E-state index contributed by atoms with van der Waals surface area (Å²) in [5.41, 5.74) is 3.07. The summed E-state index contributed by atoms with van der Waals surface area (Å²) in [4.78, 5) is 27.4. The van der Waals surface area contributed by atoms with E-state index in [1.807, 2.05) is 68.4 Å². The molecule has 4 aromatic rings. The summed E-state index contributed by atoms with van der Waals surface area (Å²) < 4.78 is 23.9. The number of thiocarbonyl (C=S) groups is 1. The average Bonchev–Trinajstić information content (AvgIpc) is 3.03. The van der Waals surface area contributed by atoms with Gasteiger partial charge in [0.15, 0.2) is 28.1 Å². The van der Waals surface area contributed by atoms with Crippen molar-refractivity contribution in [2.75, 3.05) is 18.1 Å². The Kier molecular flexibility index (Phi) is 9.89. The molecule has 0 aliphatic carbocycles. The van der Waals surface area contributed by atoms with E-state index >= 15 is 0 Å². The molecule has 1 fully saturated rings. The molecule has 0 atom stereocenters. The van der Waals surface area contributed by atoms with E-state index in [0.29, 0.717) is 54.1 Å². The third kappa shape index (κ3) is 7.25. The molecule has 1 aliphatic heterocycles. The van der Waals surface area contributed by atoms with Gasteiger partial charge >= 0.3 is 0 Å². The van der Waals surface area contributed by atoms with Gasteiger partial charge in [0, 0.05) is 0 Å². The van der Waals surface area contributed by atoms with Crippen molar-refractivity contribution in [3.05, 3.63) is 119 Å². The summed E-state index contributed by atoms with van der Waals surface area (Å²) in [6.45, 7) is 5.37. The number of hydrogen-bond donors (Lipinski definition) is 1. The molecule has 44 heavy (non-hydrogen) atoms. The lowest BCUT2D eigenvalue weighted by Gasteiger charge is -2.28. The van der Waals surface area contributed by atoms with Crippen molar-refractivity contribution in [2.24, 2.45) is 0 Å². The van der Waals surface area contributed by atoms with E-state index < -0.39 is 11.8 Å². The molecular formula is C35H32N2O6S. The van der Waals surface area contributed by atoms with E-state index in [2.05, 4.69) is 5.32 Å². The van der Waals surface area contributed by atoms with Gasteiger partial charge in [0.1, 0.15) is 18.8 Å². The Morgan fingerprint density at radius 2 is 1.27 bits per heavy atom. The minimum Gasteiger partial charge on any atom is -0.490 e. The summed E-state index contributed by atoms with van der Waals surface area (Å²) in [5, 5.41) is 2.64. The van der Waals surface area contributed by atoms with Crippen LogP contribution in [0.1, 0.15) is 30.5 Å². The van der Waals surface area contributed by atoms with Crippen LogP contribution in [0.25, 0.3) is 6.08 Å². The topological polar surface area (TPSA) is 86.3 Å². The maximum Gasteiger partial charge on any atom is 0.270 e. The molecule has 1 aliphatic rings. The molecular weight excluding hydrogens is 576 g/mol. The van der Waals surface area contributed by atoms with Crippen LogP contribution in [0.5, 0.6) is 23.0 Å². The standard InChI is InChI=1S/C35H32N2O6S/c1-3-40-31-20-25(19-28-33(38)36-35(44)37(34(28)39)27-13-9-6-10-14-27)15-17-29(31)43-23-26-16-18-30(32(21-26)41-4-2)42-22-24-11-7-5-8-12-24/h5-21H,3-4,22-23H2,1-2H3,(H,36,38,44)/b28-19-. The van der Waals surface area contributed by atoms with Crippen molar-refractivity contribution >= 4 is 40.9 Å². The summed E-state index contributed by atoms with van der Waals surface area (Å²) in [5.74, 6) is 1.21. The fourth-order valence-electron chi connectivity index (χ4n) is 4.56. The first-order valence-corrected chi connectivity index (χ1v) is 14.7. The number of para-hydroxylation sites is 1. The quantitative estimate of drug-likeness (QED) is 0.112. The SMILES string of the molecule is CCOc1cc(/C=C2/C(=O)NC(=S)N(c3ccccc3)C2=O)ccc1OCc1ccc(OCc2ccccc2)c(OCC)c1. The lowest BCUT2D eigenvalue weighted by Crippen LogP contribution is -2.54. The molecule has 4 aromatic carbocycles. The zero-order valence-corrected chi connectivity index (χ0v) is 25.3. The van der Waals surface area contributed by atoms with Crippen LogP contribution >= 0.6 is 12.2 Å². The highest BCUT2D eigenvalue weighted by atomic mass is 32.1. The number of rotatable bonds is 12. The third-order valence-corrected chi connectivity index (χ3v) is 6.92. The predicted octanol–water partition coefficient (Wildman–Crippen LogP) is 6.47. The smallest absolute Gasteiger partial charge is 0.270 e. The Balaban J connectivity index is 1.32. The summed E-state index contributed by atoms with van der Waals surface area (Å²) >= 11 is 5.28. The molecule has 8 nitrogen and oxygen atoms in total. The average molecular weight is 609 g/mol. The maximum atomic E-state index is 13.3. The summed E-state index contributed by atoms with van der Waals surface area (Å²) in [6.07, 6.45) is 1.52. The van der Waals surface area contributed by atoms with Crippen LogP contribution in [0, 0.1) is 0 Å². The van der Waals surface area contributed by atoms with Crippen molar-refractivity contribution in [3.63, 3.8) is 0 Å². The molecule has 224 valence electrons. The zero-order valence-electron chi connectivity index (χ0n) is 24.4. The van der Waals surface area contributed by atoms with Gasteiger partial charge in [-0.3, -0.25) is 19.8 Å². The summed E-state index contributed by atoms with van der Waals surface area (Å²) in [6, 6.07) is 29.8. The zero-order chi connectivity index (χ0) is 30.9. The van der Waals surface area contributed by atoms with Gasteiger partial charge in [0.25, 0.3) is 11.8 Å². The number of nitrogens with zero attached hydrogens (tertiary/aromatic N) is 1. The minimum absolute atomic E-state index is 0.0328. The Bertz CT molecular complexity index is 1670. The molecule has 0 spiro atoms. The molecule has 0 radical (unpaired) electrons. The van der Waals surface area contributed by atoms with E-state index in [1.54, 1.807) is 42.5 Å². The molecule has 0 saturated carbocycles. The van der Waals surface area contributed by atoms with Gasteiger partial charge in [-0.15, -0.1) is 0 Å². The van der Waals surface area contributed by atoms with Crippen LogP contribution in [-0.2, 0) is 22.8 Å². The number of nitrogens with one attached hydrogen (secondary N) is 1. The normalized spacial score (nSPS) is 13.9. The van der Waals surface area contributed by atoms with Crippen LogP contribution in [0.4, 0.5) is 5.69 Å². The Morgan fingerprint density at radius 3 is 1.93 bits per heavy atom. The molecule has 1 heterocycles. The largest absolute Gasteiger partial charge is 0.490 e. The number of carbonyl (C=O) groups excluding carboxylic acids is 2. The monoisotopic (exact) mass is 608 g/mol. The van der Waals surface area contributed by atoms with Crippen molar-refractivity contribution in [3.8, 4) is 23.0 Å². The van der Waals surface area contributed by atoms with Gasteiger partial charge in [-0.2, -0.15) is 0 Å². The number of hydrogen-bond acceptors (Lipinski definition) is 7. The first-order chi connectivity index (χ1) is 21.5. The van der Waals surface area contributed by atoms with Crippen molar-refractivity contribution in [2.45, 2.75) is 27.1 Å². The second-order valence-electron chi connectivity index (χ2n) is 9.71. The van der Waals surface area contributed by atoms with E-state index in [1.165, 1.54) is 11.0 Å². The first-order valence-electron chi connectivity index (χ1n) is 14.3. The number of ether oxygens (including phenoxy) is 4. The van der Waals surface area contributed by atoms with Gasteiger partial charge in [0.05, 0.1) is 18.9 Å². The van der Waals surface area contributed by atoms with E-state index in [-0.39, 0.29) is 17.3 Å². The molecule has 5 rings (SSSR count). The molecule has 2 amide bonds. The van der Waals surface area contributed by atoms with Crippen molar-refractivity contribution in [1.29, 1.82) is 0 Å². The van der Waals surface area contributed by atoms with Crippen LogP contribution in [0.3, 0.4) is 0 Å². The van der Waals surface area contributed by atoms with Crippen LogP contribution in [0.15, 0.2) is 103 Å². The number of anilines is 1. The van der Waals surface area contributed by atoms with Crippen LogP contribution in [-0.4, -0.2) is 30.1 Å². The van der Waals surface area contributed by atoms with Gasteiger partial charge < -0.3 is 18.9 Å². The number of benzene rings is 4. The first kappa shape index (κ1) is 30.3. The maximum absolute atomic E-state index is 13.3. The van der Waals surface area contributed by atoms with Gasteiger partial charge in [-0.1, -0.05) is 60.7 Å². The Morgan fingerprint density at radius 1 is 0.682 bits per heavy atom. The second-order valence-corrected chi connectivity index (χ2v) is 10.1. The molecule has 9 heteroatoms. The Labute approximate surface area is 261 Å². The fraction of sp³-hybridized carbons (Fsp3) is 0.171. The van der Waals surface area contributed by atoms with E-state index in [9.17, 15) is 9.59 Å². The van der Waals surface area contributed by atoms with Gasteiger partial charge in [-0.05, 0) is 85.2 Å². The van der Waals surface area contributed by atoms with E-state index in [0.717, 1.165) is 11.1 Å². The highest BCUT2D eigenvalue weighted by Gasteiger charge is 2.34.